The molecule has 1 atom stereocenters. The highest BCUT2D eigenvalue weighted by Crippen LogP contribution is 2.31. The van der Waals surface area contributed by atoms with Crippen molar-refractivity contribution in [2.75, 3.05) is 0 Å². The molecule has 0 radical (unpaired) electrons. The number of pyridine rings is 1. The molecule has 1 unspecified atom stereocenters. The Morgan fingerprint density at radius 1 is 1.00 bits per heavy atom. The standard InChI is InChI=1S/C22H23N3/c1-15-8-9-18-19-10-12-24-16(2)22(19)25(21(18)14-15)13-11-20(23)17-6-4-3-5-7-17/h3-10,12,14,20H,11,13,23H2,1-2H3. The smallest absolute Gasteiger partial charge is 0.0707 e. The summed E-state index contributed by atoms with van der Waals surface area (Å²) in [7, 11) is 0. The number of nitrogens with two attached hydrogens (primary N) is 1. The predicted octanol–water partition coefficient (Wildman–Crippen LogP) is 4.90. The maximum Gasteiger partial charge on any atom is 0.0707 e. The van der Waals surface area contributed by atoms with Crippen LogP contribution in [0.5, 0.6) is 0 Å². The largest absolute Gasteiger partial charge is 0.339 e. The summed E-state index contributed by atoms with van der Waals surface area (Å²) in [5.74, 6) is 0. The van der Waals surface area contributed by atoms with Gasteiger partial charge in [0.2, 0.25) is 0 Å². The summed E-state index contributed by atoms with van der Waals surface area (Å²) in [4.78, 5) is 4.52. The Morgan fingerprint density at radius 3 is 2.60 bits per heavy atom. The SMILES string of the molecule is Cc1ccc2c3ccnc(C)c3n(CCC(N)c3ccccc3)c2c1. The van der Waals surface area contributed by atoms with E-state index in [1.165, 1.54) is 32.9 Å². The van der Waals surface area contributed by atoms with Gasteiger partial charge in [-0.25, -0.2) is 0 Å². The maximum atomic E-state index is 6.44. The molecule has 0 saturated carbocycles. The summed E-state index contributed by atoms with van der Waals surface area (Å²) in [6, 6.07) is 19.2. The minimum atomic E-state index is 0.0375. The Labute approximate surface area is 148 Å². The molecule has 2 aromatic heterocycles. The van der Waals surface area contributed by atoms with Gasteiger partial charge in [-0.05, 0) is 43.5 Å². The molecule has 4 rings (SSSR count). The zero-order valence-electron chi connectivity index (χ0n) is 14.7. The van der Waals surface area contributed by atoms with E-state index in [0.717, 1.165) is 18.7 Å². The first kappa shape index (κ1) is 15.9. The molecule has 0 fully saturated rings. The Kier molecular flexibility index (Phi) is 4.02. The minimum absolute atomic E-state index is 0.0375. The number of fused-ring (bicyclic) bond motifs is 3. The molecule has 0 saturated heterocycles. The lowest BCUT2D eigenvalue weighted by molar-refractivity contribution is 0.579. The van der Waals surface area contributed by atoms with Crippen molar-refractivity contribution in [1.29, 1.82) is 0 Å². The van der Waals surface area contributed by atoms with Gasteiger partial charge in [-0.3, -0.25) is 4.98 Å². The summed E-state index contributed by atoms with van der Waals surface area (Å²) >= 11 is 0. The van der Waals surface area contributed by atoms with E-state index in [-0.39, 0.29) is 6.04 Å². The van der Waals surface area contributed by atoms with Crippen molar-refractivity contribution in [3.63, 3.8) is 0 Å². The number of nitrogens with zero attached hydrogens (tertiary/aromatic N) is 2. The normalized spacial score (nSPS) is 12.8. The molecule has 4 aromatic rings. The van der Waals surface area contributed by atoms with Gasteiger partial charge in [0.15, 0.2) is 0 Å². The highest BCUT2D eigenvalue weighted by molar-refractivity contribution is 6.08. The summed E-state index contributed by atoms with van der Waals surface area (Å²) in [5, 5.41) is 2.56. The van der Waals surface area contributed by atoms with Gasteiger partial charge in [0.25, 0.3) is 0 Å². The number of rotatable bonds is 4. The van der Waals surface area contributed by atoms with Crippen LogP contribution in [0.4, 0.5) is 0 Å². The van der Waals surface area contributed by atoms with Crippen LogP contribution in [-0.2, 0) is 6.54 Å². The predicted molar refractivity (Wildman–Crippen MR) is 105 cm³/mol. The Morgan fingerprint density at radius 2 is 1.80 bits per heavy atom. The first-order valence-corrected chi connectivity index (χ1v) is 8.80. The lowest BCUT2D eigenvalue weighted by Crippen LogP contribution is -2.13. The number of aromatic nitrogens is 2. The number of benzene rings is 2. The number of hydrogen-bond donors (Lipinski definition) is 1. The number of hydrogen-bond acceptors (Lipinski definition) is 2. The van der Waals surface area contributed by atoms with Crippen molar-refractivity contribution in [2.24, 2.45) is 5.73 Å². The zero-order chi connectivity index (χ0) is 17.4. The van der Waals surface area contributed by atoms with E-state index in [1.807, 2.05) is 24.4 Å². The third-order valence-corrected chi connectivity index (χ3v) is 5.00. The molecule has 0 bridgehead atoms. The molecule has 0 aliphatic rings. The van der Waals surface area contributed by atoms with Crippen LogP contribution in [0.2, 0.25) is 0 Å². The van der Waals surface area contributed by atoms with Crippen LogP contribution in [-0.4, -0.2) is 9.55 Å². The van der Waals surface area contributed by atoms with Crippen LogP contribution in [0, 0.1) is 13.8 Å². The van der Waals surface area contributed by atoms with Crippen LogP contribution in [0.3, 0.4) is 0 Å². The summed E-state index contributed by atoms with van der Waals surface area (Å²) in [5.41, 5.74) is 12.5. The van der Waals surface area contributed by atoms with Gasteiger partial charge in [0.1, 0.15) is 0 Å². The Hall–Kier alpha value is -2.65. The van der Waals surface area contributed by atoms with Crippen molar-refractivity contribution in [1.82, 2.24) is 9.55 Å². The third-order valence-electron chi connectivity index (χ3n) is 5.00. The second-order valence-electron chi connectivity index (χ2n) is 6.77. The fraction of sp³-hybridized carbons (Fsp3) is 0.227. The molecule has 2 aromatic carbocycles. The zero-order valence-corrected chi connectivity index (χ0v) is 14.7. The van der Waals surface area contributed by atoms with Crippen LogP contribution in [0.25, 0.3) is 21.8 Å². The minimum Gasteiger partial charge on any atom is -0.339 e. The topological polar surface area (TPSA) is 43.8 Å². The maximum absolute atomic E-state index is 6.44. The molecule has 0 aliphatic heterocycles. The van der Waals surface area contributed by atoms with Gasteiger partial charge >= 0.3 is 0 Å². The van der Waals surface area contributed by atoms with Gasteiger partial charge < -0.3 is 10.3 Å². The fourth-order valence-corrected chi connectivity index (χ4v) is 3.70. The molecule has 3 heteroatoms. The van der Waals surface area contributed by atoms with Crippen LogP contribution < -0.4 is 5.73 Å². The van der Waals surface area contributed by atoms with Gasteiger partial charge in [-0.15, -0.1) is 0 Å². The van der Waals surface area contributed by atoms with Crippen molar-refractivity contribution in [3.8, 4) is 0 Å². The van der Waals surface area contributed by atoms with Crippen molar-refractivity contribution < 1.29 is 0 Å². The van der Waals surface area contributed by atoms with Gasteiger partial charge in [-0.2, -0.15) is 0 Å². The number of aryl methyl sites for hydroxylation is 3. The van der Waals surface area contributed by atoms with Crippen LogP contribution >= 0.6 is 0 Å². The summed E-state index contributed by atoms with van der Waals surface area (Å²) in [6.07, 6.45) is 2.79. The average Bonchev–Trinajstić information content (AvgIpc) is 2.94. The van der Waals surface area contributed by atoms with E-state index >= 15 is 0 Å². The van der Waals surface area contributed by atoms with E-state index in [9.17, 15) is 0 Å². The lowest BCUT2D eigenvalue weighted by atomic mass is 10.0. The van der Waals surface area contributed by atoms with Gasteiger partial charge in [-0.1, -0.05) is 42.5 Å². The molecule has 25 heavy (non-hydrogen) atoms. The van der Waals surface area contributed by atoms with E-state index in [1.54, 1.807) is 0 Å². The molecule has 2 N–H and O–H groups in total. The highest BCUT2D eigenvalue weighted by atomic mass is 15.0. The molecular weight excluding hydrogens is 306 g/mol. The molecule has 0 aliphatic carbocycles. The van der Waals surface area contributed by atoms with E-state index < -0.39 is 0 Å². The second kappa shape index (κ2) is 6.34. The summed E-state index contributed by atoms with van der Waals surface area (Å²) < 4.78 is 2.39. The second-order valence-corrected chi connectivity index (χ2v) is 6.77. The monoisotopic (exact) mass is 329 g/mol. The Bertz CT molecular complexity index is 1030. The van der Waals surface area contributed by atoms with Crippen molar-refractivity contribution in [3.05, 3.63) is 77.6 Å². The van der Waals surface area contributed by atoms with Crippen molar-refractivity contribution in [2.45, 2.75) is 32.9 Å². The molecule has 3 nitrogen and oxygen atoms in total. The van der Waals surface area contributed by atoms with Gasteiger partial charge in [0, 0.05) is 35.1 Å². The summed E-state index contributed by atoms with van der Waals surface area (Å²) in [6.45, 7) is 5.11. The first-order chi connectivity index (χ1) is 12.1. The molecule has 0 spiro atoms. The van der Waals surface area contributed by atoms with Crippen molar-refractivity contribution >= 4 is 21.8 Å². The molecular formula is C22H23N3. The average molecular weight is 329 g/mol. The third kappa shape index (κ3) is 2.81. The fourth-order valence-electron chi connectivity index (χ4n) is 3.70. The van der Waals surface area contributed by atoms with E-state index in [2.05, 4.69) is 59.8 Å². The molecule has 0 amide bonds. The quantitative estimate of drug-likeness (QED) is 0.579. The van der Waals surface area contributed by atoms with E-state index in [4.69, 9.17) is 5.73 Å². The van der Waals surface area contributed by atoms with Crippen LogP contribution in [0.1, 0.15) is 29.3 Å². The lowest BCUT2D eigenvalue weighted by Gasteiger charge is -2.14. The highest BCUT2D eigenvalue weighted by Gasteiger charge is 2.14. The molecule has 126 valence electrons. The van der Waals surface area contributed by atoms with E-state index in [0.29, 0.717) is 0 Å². The van der Waals surface area contributed by atoms with Gasteiger partial charge in [0.05, 0.1) is 11.2 Å². The van der Waals surface area contributed by atoms with Crippen LogP contribution in [0.15, 0.2) is 60.8 Å². The molecule has 2 heterocycles. The Balaban J connectivity index is 1.78. The first-order valence-electron chi connectivity index (χ1n) is 8.80.